The Morgan fingerprint density at radius 3 is 2.13 bits per heavy atom. The number of nitrogens with zero attached hydrogens (tertiary/aromatic N) is 2. The normalized spacial score (nSPS) is 26.6. The Bertz CT molecular complexity index is 2260. The number of phenolic OH excluding ortho intramolecular Hbond substituents is 1. The molecule has 6 atom stereocenters. The van der Waals surface area contributed by atoms with Crippen LogP contribution in [-0.4, -0.2) is 44.9 Å². The van der Waals surface area contributed by atoms with E-state index >= 15 is 4.79 Å². The van der Waals surface area contributed by atoms with Crippen molar-refractivity contribution in [3.05, 3.63) is 129 Å². The molecule has 0 spiro atoms. The standard InChI is InChI=1S/C41H33ClN2O8/c1-20-15-22(16-21(2)35(20)46)34-27-13-14-29-33(38(49)43(36(29)47)26-11-12-28(39(50)51)32(45)18-26)30(27)19-31-37(48)44(25-10-6-9-24(42)17-25)40(52)41(31,34)23-7-4-3-5-8-23/h3-13,15-18,29-31,33-34,45-46H,14,19H2,1-2H3,(H,50,51)/t29-,30+,31-,33-,34-,41+/m0/s1. The molecule has 3 fully saturated rings. The minimum absolute atomic E-state index is 0.0449. The van der Waals surface area contributed by atoms with E-state index in [-0.39, 0.29) is 29.8 Å². The molecule has 10 nitrogen and oxygen atoms in total. The lowest BCUT2D eigenvalue weighted by Crippen LogP contribution is -2.53. The van der Waals surface area contributed by atoms with Gasteiger partial charge in [0.15, 0.2) is 0 Å². The number of allylic oxidation sites excluding steroid dienone is 2. The Hall–Kier alpha value is -5.74. The SMILES string of the molecule is Cc1cc([C@H]2C3=CC[C@@H]4C(=O)N(c5ccc(C(=O)O)c(O)c5)C(=O)[C@@H]4[C@@H]3C[C@H]3C(=O)N(c4cccc(Cl)c4)C(=O)[C@@]23c2ccccc2)cc(C)c1O. The fourth-order valence-corrected chi connectivity index (χ4v) is 9.55. The second-order valence-corrected chi connectivity index (χ2v) is 14.6. The number of fused-ring (bicyclic) bond motifs is 4. The predicted molar refractivity (Wildman–Crippen MR) is 191 cm³/mol. The number of aromatic hydroxyl groups is 2. The average Bonchev–Trinajstić information content (AvgIpc) is 3.51. The summed E-state index contributed by atoms with van der Waals surface area (Å²) in [7, 11) is 0. The molecule has 2 heterocycles. The third kappa shape index (κ3) is 4.60. The van der Waals surface area contributed by atoms with Crippen LogP contribution in [0.1, 0.15) is 51.4 Å². The van der Waals surface area contributed by atoms with E-state index < -0.39 is 70.4 Å². The fourth-order valence-electron chi connectivity index (χ4n) is 9.37. The molecule has 4 aliphatic rings. The topological polar surface area (TPSA) is 153 Å². The first-order valence-electron chi connectivity index (χ1n) is 17.0. The van der Waals surface area contributed by atoms with Crippen LogP contribution >= 0.6 is 11.6 Å². The van der Waals surface area contributed by atoms with Gasteiger partial charge in [-0.3, -0.25) is 19.2 Å². The summed E-state index contributed by atoms with van der Waals surface area (Å²) in [5, 5.41) is 31.1. The first-order valence-corrected chi connectivity index (χ1v) is 17.4. The van der Waals surface area contributed by atoms with Gasteiger partial charge in [-0.2, -0.15) is 0 Å². The van der Waals surface area contributed by atoms with Gasteiger partial charge in [-0.25, -0.2) is 14.6 Å². The number of rotatable bonds is 5. The predicted octanol–water partition coefficient (Wildman–Crippen LogP) is 6.43. The van der Waals surface area contributed by atoms with Crippen LogP contribution in [0, 0.1) is 37.5 Å². The summed E-state index contributed by atoms with van der Waals surface area (Å²) in [6.45, 7) is 3.54. The van der Waals surface area contributed by atoms with Crippen LogP contribution < -0.4 is 9.80 Å². The molecule has 2 aliphatic carbocycles. The van der Waals surface area contributed by atoms with Gasteiger partial charge in [0.05, 0.1) is 34.5 Å². The minimum Gasteiger partial charge on any atom is -0.507 e. The van der Waals surface area contributed by atoms with Gasteiger partial charge >= 0.3 is 5.97 Å². The molecule has 52 heavy (non-hydrogen) atoms. The zero-order chi connectivity index (χ0) is 36.8. The van der Waals surface area contributed by atoms with Gasteiger partial charge in [0.25, 0.3) is 0 Å². The highest BCUT2D eigenvalue weighted by molar-refractivity contribution is 6.32. The Kier molecular flexibility index (Phi) is 7.66. The van der Waals surface area contributed by atoms with Crippen molar-refractivity contribution >= 4 is 52.6 Å². The van der Waals surface area contributed by atoms with E-state index in [2.05, 4.69) is 0 Å². The summed E-state index contributed by atoms with van der Waals surface area (Å²) in [5.74, 6) is -7.78. The van der Waals surface area contributed by atoms with Gasteiger partial charge in [-0.15, -0.1) is 0 Å². The lowest BCUT2D eigenvalue weighted by Gasteiger charge is -2.51. The van der Waals surface area contributed by atoms with Crippen molar-refractivity contribution in [2.75, 3.05) is 9.80 Å². The van der Waals surface area contributed by atoms with Crippen LogP contribution in [-0.2, 0) is 24.6 Å². The summed E-state index contributed by atoms with van der Waals surface area (Å²) in [6, 6.07) is 22.9. The number of benzene rings is 4. The van der Waals surface area contributed by atoms with E-state index in [1.807, 2.05) is 48.5 Å². The molecule has 0 bridgehead atoms. The number of anilines is 2. The average molecular weight is 717 g/mol. The highest BCUT2D eigenvalue weighted by Gasteiger charge is 2.70. The van der Waals surface area contributed by atoms with Crippen LogP contribution in [0.3, 0.4) is 0 Å². The highest BCUT2D eigenvalue weighted by atomic mass is 35.5. The van der Waals surface area contributed by atoms with Crippen LogP contribution in [0.2, 0.25) is 5.02 Å². The van der Waals surface area contributed by atoms with Crippen LogP contribution in [0.25, 0.3) is 0 Å². The van der Waals surface area contributed by atoms with Crippen LogP contribution in [0.4, 0.5) is 11.4 Å². The summed E-state index contributed by atoms with van der Waals surface area (Å²) < 4.78 is 0. The van der Waals surface area contributed by atoms with Crippen molar-refractivity contribution < 1.29 is 39.3 Å². The molecule has 0 aromatic heterocycles. The first-order chi connectivity index (χ1) is 24.9. The Morgan fingerprint density at radius 2 is 1.48 bits per heavy atom. The zero-order valence-electron chi connectivity index (χ0n) is 28.1. The molecule has 3 N–H and O–H groups in total. The number of halogens is 1. The molecule has 8 rings (SSSR count). The third-order valence-corrected chi connectivity index (χ3v) is 11.7. The lowest BCUT2D eigenvalue weighted by atomic mass is 9.49. The van der Waals surface area contributed by atoms with Crippen LogP contribution in [0.5, 0.6) is 11.5 Å². The van der Waals surface area contributed by atoms with Crippen molar-refractivity contribution in [2.24, 2.45) is 23.7 Å². The van der Waals surface area contributed by atoms with E-state index in [1.54, 1.807) is 38.1 Å². The number of carbonyl (C=O) groups is 5. The molecule has 1 saturated carbocycles. The van der Waals surface area contributed by atoms with E-state index in [0.717, 1.165) is 22.6 Å². The molecule has 11 heteroatoms. The smallest absolute Gasteiger partial charge is 0.339 e. The monoisotopic (exact) mass is 716 g/mol. The zero-order valence-corrected chi connectivity index (χ0v) is 28.9. The van der Waals surface area contributed by atoms with E-state index in [1.165, 1.54) is 11.0 Å². The first kappa shape index (κ1) is 33.4. The molecule has 262 valence electrons. The minimum atomic E-state index is -1.46. The maximum atomic E-state index is 15.4. The number of aromatic carboxylic acids is 1. The molecule has 2 aliphatic heterocycles. The maximum absolute atomic E-state index is 15.4. The second-order valence-electron chi connectivity index (χ2n) is 14.1. The molecular formula is C41H33ClN2O8. The summed E-state index contributed by atoms with van der Waals surface area (Å²) >= 11 is 6.38. The Balaban J connectivity index is 1.34. The largest absolute Gasteiger partial charge is 0.507 e. The number of amides is 4. The van der Waals surface area contributed by atoms with Crippen molar-refractivity contribution in [3.63, 3.8) is 0 Å². The molecule has 4 aromatic rings. The van der Waals surface area contributed by atoms with E-state index in [0.29, 0.717) is 33.0 Å². The van der Waals surface area contributed by atoms with Gasteiger partial charge in [-0.05, 0) is 85.2 Å². The summed E-state index contributed by atoms with van der Waals surface area (Å²) in [5.41, 5.74) is 1.77. The number of carboxylic acid groups (broad SMARTS) is 1. The van der Waals surface area contributed by atoms with Gasteiger partial charge in [0.2, 0.25) is 23.6 Å². The van der Waals surface area contributed by atoms with E-state index in [9.17, 15) is 34.5 Å². The van der Waals surface area contributed by atoms with Crippen molar-refractivity contribution in [1.82, 2.24) is 0 Å². The Morgan fingerprint density at radius 1 is 0.788 bits per heavy atom. The number of aryl methyl sites for hydroxylation is 2. The molecule has 0 radical (unpaired) electrons. The molecule has 4 amide bonds. The van der Waals surface area contributed by atoms with Crippen LogP contribution in [0.15, 0.2) is 96.6 Å². The molecule has 4 aromatic carbocycles. The number of carboxylic acids is 1. The number of hydrogen-bond donors (Lipinski definition) is 3. The number of carbonyl (C=O) groups excluding carboxylic acids is 4. The van der Waals surface area contributed by atoms with Gasteiger partial charge in [0, 0.05) is 17.0 Å². The molecular weight excluding hydrogens is 684 g/mol. The molecule has 0 unspecified atom stereocenters. The fraction of sp³-hybridized carbons (Fsp3) is 0.244. The number of phenols is 2. The number of imide groups is 2. The number of hydrogen-bond acceptors (Lipinski definition) is 7. The maximum Gasteiger partial charge on any atom is 0.339 e. The molecule has 2 saturated heterocycles. The van der Waals surface area contributed by atoms with E-state index in [4.69, 9.17) is 11.6 Å². The summed E-state index contributed by atoms with van der Waals surface area (Å²) in [6.07, 6.45) is 2.21. The van der Waals surface area contributed by atoms with Crippen molar-refractivity contribution in [1.29, 1.82) is 0 Å². The lowest BCUT2D eigenvalue weighted by molar-refractivity contribution is -0.127. The second kappa shape index (κ2) is 11.9. The summed E-state index contributed by atoms with van der Waals surface area (Å²) in [4.78, 5) is 72.6. The van der Waals surface area contributed by atoms with Crippen molar-refractivity contribution in [3.8, 4) is 11.5 Å². The van der Waals surface area contributed by atoms with Crippen molar-refractivity contribution in [2.45, 2.75) is 38.0 Å². The Labute approximate surface area is 303 Å². The third-order valence-electron chi connectivity index (χ3n) is 11.5. The van der Waals surface area contributed by atoms with Gasteiger partial charge in [0.1, 0.15) is 17.1 Å². The highest BCUT2D eigenvalue weighted by Crippen LogP contribution is 2.64. The van der Waals surface area contributed by atoms with Gasteiger partial charge in [-0.1, -0.05) is 71.8 Å². The quantitative estimate of drug-likeness (QED) is 0.158. The van der Waals surface area contributed by atoms with Gasteiger partial charge < -0.3 is 15.3 Å².